The number of carbonyl (C=O) groups is 1. The fourth-order valence-electron chi connectivity index (χ4n) is 3.31. The molecule has 0 atom stereocenters. The first-order valence-electron chi connectivity index (χ1n) is 8.25. The number of ether oxygens (including phenoxy) is 2. The average molecular weight is 336 g/mol. The van der Waals surface area contributed by atoms with Crippen molar-refractivity contribution in [3.05, 3.63) is 58.8 Å². The van der Waals surface area contributed by atoms with E-state index in [-0.39, 0.29) is 12.7 Å². The van der Waals surface area contributed by atoms with Crippen molar-refractivity contribution in [2.45, 2.75) is 20.4 Å². The zero-order chi connectivity index (χ0) is 17.6. The number of aromatic nitrogens is 1. The number of nitrogens with one attached hydrogen (secondary N) is 1. The third kappa shape index (κ3) is 2.82. The molecule has 2 aromatic carbocycles. The predicted octanol–water partition coefficient (Wildman–Crippen LogP) is 3.79. The summed E-state index contributed by atoms with van der Waals surface area (Å²) in [6, 6.07) is 11.9. The smallest absolute Gasteiger partial charge is 0.270 e. The molecule has 5 nitrogen and oxygen atoms in total. The summed E-state index contributed by atoms with van der Waals surface area (Å²) in [5.41, 5.74) is 4.95. The van der Waals surface area contributed by atoms with E-state index in [4.69, 9.17) is 9.47 Å². The second kappa shape index (κ2) is 5.84. The Kier molecular flexibility index (Phi) is 3.64. The molecule has 0 spiro atoms. The highest BCUT2D eigenvalue weighted by molar-refractivity contribution is 5.98. The van der Waals surface area contributed by atoms with Crippen LogP contribution in [0.25, 0.3) is 10.9 Å². The van der Waals surface area contributed by atoms with Crippen molar-refractivity contribution >= 4 is 16.8 Å². The fourth-order valence-corrected chi connectivity index (χ4v) is 3.31. The Morgan fingerprint density at radius 3 is 2.76 bits per heavy atom. The van der Waals surface area contributed by atoms with Gasteiger partial charge in [-0.1, -0.05) is 12.1 Å². The largest absolute Gasteiger partial charge is 0.454 e. The zero-order valence-electron chi connectivity index (χ0n) is 14.6. The maximum atomic E-state index is 12.8. The average Bonchev–Trinajstić information content (AvgIpc) is 3.20. The van der Waals surface area contributed by atoms with Crippen molar-refractivity contribution < 1.29 is 14.3 Å². The van der Waals surface area contributed by atoms with Gasteiger partial charge in [0.1, 0.15) is 5.69 Å². The maximum absolute atomic E-state index is 12.8. The number of amides is 1. The molecule has 25 heavy (non-hydrogen) atoms. The van der Waals surface area contributed by atoms with Crippen LogP contribution in [0.1, 0.15) is 27.2 Å². The van der Waals surface area contributed by atoms with E-state index in [1.807, 2.05) is 24.3 Å². The fraction of sp³-hybridized carbons (Fsp3) is 0.250. The van der Waals surface area contributed by atoms with Crippen LogP contribution in [-0.2, 0) is 6.54 Å². The number of hydrogen-bond acceptors (Lipinski definition) is 3. The van der Waals surface area contributed by atoms with Crippen LogP contribution in [0.5, 0.6) is 11.5 Å². The van der Waals surface area contributed by atoms with Gasteiger partial charge in [0.25, 0.3) is 5.91 Å². The van der Waals surface area contributed by atoms with Crippen LogP contribution < -0.4 is 9.47 Å². The van der Waals surface area contributed by atoms with Crippen LogP contribution in [0, 0.1) is 13.8 Å². The van der Waals surface area contributed by atoms with E-state index in [0.717, 1.165) is 28.0 Å². The second-order valence-corrected chi connectivity index (χ2v) is 6.57. The summed E-state index contributed by atoms with van der Waals surface area (Å²) in [4.78, 5) is 17.7. The van der Waals surface area contributed by atoms with E-state index in [1.165, 1.54) is 11.1 Å². The summed E-state index contributed by atoms with van der Waals surface area (Å²) < 4.78 is 10.7. The molecular formula is C20H20N2O3. The highest BCUT2D eigenvalue weighted by atomic mass is 16.7. The van der Waals surface area contributed by atoms with E-state index in [2.05, 4.69) is 31.0 Å². The van der Waals surface area contributed by atoms with Gasteiger partial charge in [0.2, 0.25) is 6.79 Å². The molecule has 1 aliphatic heterocycles. The number of rotatable bonds is 3. The minimum absolute atomic E-state index is 0.0362. The molecular weight excluding hydrogens is 316 g/mol. The molecule has 0 aliphatic carbocycles. The van der Waals surface area contributed by atoms with E-state index in [0.29, 0.717) is 12.2 Å². The first kappa shape index (κ1) is 15.6. The Balaban J connectivity index is 1.57. The zero-order valence-corrected chi connectivity index (χ0v) is 14.6. The molecule has 0 saturated heterocycles. The third-order valence-electron chi connectivity index (χ3n) is 4.52. The van der Waals surface area contributed by atoms with Gasteiger partial charge in [-0.15, -0.1) is 0 Å². The summed E-state index contributed by atoms with van der Waals surface area (Å²) >= 11 is 0. The Hall–Kier alpha value is -2.95. The van der Waals surface area contributed by atoms with Crippen molar-refractivity contribution in [1.82, 2.24) is 9.88 Å². The van der Waals surface area contributed by atoms with Crippen molar-refractivity contribution in [1.29, 1.82) is 0 Å². The lowest BCUT2D eigenvalue weighted by atomic mass is 10.1. The van der Waals surface area contributed by atoms with Crippen molar-refractivity contribution in [3.63, 3.8) is 0 Å². The second-order valence-electron chi connectivity index (χ2n) is 6.57. The summed E-state index contributed by atoms with van der Waals surface area (Å²) in [5.74, 6) is 1.44. The third-order valence-corrected chi connectivity index (χ3v) is 4.52. The molecule has 0 bridgehead atoms. The Bertz CT molecular complexity index is 974. The predicted molar refractivity (Wildman–Crippen MR) is 96.1 cm³/mol. The Morgan fingerprint density at radius 2 is 1.92 bits per heavy atom. The lowest BCUT2D eigenvalue weighted by Gasteiger charge is -2.16. The quantitative estimate of drug-likeness (QED) is 0.792. The van der Waals surface area contributed by atoms with Gasteiger partial charge in [-0.05, 0) is 54.8 Å². The molecule has 0 saturated carbocycles. The van der Waals surface area contributed by atoms with Gasteiger partial charge in [0.15, 0.2) is 11.5 Å². The van der Waals surface area contributed by atoms with Crippen LogP contribution >= 0.6 is 0 Å². The Morgan fingerprint density at radius 1 is 1.12 bits per heavy atom. The number of nitrogens with zero attached hydrogens (tertiary/aromatic N) is 1. The minimum Gasteiger partial charge on any atom is -0.454 e. The normalized spacial score (nSPS) is 12.6. The highest BCUT2D eigenvalue weighted by Gasteiger charge is 2.18. The lowest BCUT2D eigenvalue weighted by molar-refractivity contribution is 0.0780. The topological polar surface area (TPSA) is 54.6 Å². The molecule has 0 fully saturated rings. The molecule has 5 heteroatoms. The molecule has 1 N–H and O–H groups in total. The number of aromatic amines is 1. The van der Waals surface area contributed by atoms with Crippen LogP contribution in [-0.4, -0.2) is 29.6 Å². The van der Waals surface area contributed by atoms with E-state index < -0.39 is 0 Å². The number of carbonyl (C=O) groups excluding carboxylic acids is 1. The highest BCUT2D eigenvalue weighted by Crippen LogP contribution is 2.32. The number of benzene rings is 2. The SMILES string of the molecule is Cc1cc(C)c2cc(C(=O)N(C)Cc3ccc4c(c3)OCO4)[nH]c2c1. The van der Waals surface area contributed by atoms with Crippen LogP contribution in [0.4, 0.5) is 0 Å². The molecule has 0 unspecified atom stereocenters. The standard InChI is InChI=1S/C20H20N2O3/c1-12-6-13(2)15-9-17(21-16(15)7-12)20(23)22(3)10-14-4-5-18-19(8-14)25-11-24-18/h4-9,21H,10-11H2,1-3H3. The van der Waals surface area contributed by atoms with Gasteiger partial charge >= 0.3 is 0 Å². The number of H-pyrrole nitrogens is 1. The van der Waals surface area contributed by atoms with Crippen LogP contribution in [0.3, 0.4) is 0 Å². The first-order chi connectivity index (χ1) is 12.0. The van der Waals surface area contributed by atoms with Gasteiger partial charge in [0, 0.05) is 24.5 Å². The first-order valence-corrected chi connectivity index (χ1v) is 8.25. The molecule has 128 valence electrons. The van der Waals surface area contributed by atoms with E-state index in [9.17, 15) is 4.79 Å². The van der Waals surface area contributed by atoms with Gasteiger partial charge in [-0.25, -0.2) is 0 Å². The van der Waals surface area contributed by atoms with Crippen molar-refractivity contribution in [2.75, 3.05) is 13.8 Å². The van der Waals surface area contributed by atoms with E-state index in [1.54, 1.807) is 11.9 Å². The monoisotopic (exact) mass is 336 g/mol. The summed E-state index contributed by atoms with van der Waals surface area (Å²) in [6.45, 7) is 4.87. The summed E-state index contributed by atoms with van der Waals surface area (Å²) in [6.07, 6.45) is 0. The van der Waals surface area contributed by atoms with Crippen molar-refractivity contribution in [3.8, 4) is 11.5 Å². The molecule has 0 radical (unpaired) electrons. The minimum atomic E-state index is -0.0362. The van der Waals surface area contributed by atoms with E-state index >= 15 is 0 Å². The molecule has 1 aromatic heterocycles. The molecule has 2 heterocycles. The molecule has 1 aliphatic rings. The molecule has 3 aromatic rings. The number of fused-ring (bicyclic) bond motifs is 2. The van der Waals surface area contributed by atoms with Gasteiger partial charge in [-0.2, -0.15) is 0 Å². The molecule has 4 rings (SSSR count). The Labute approximate surface area is 146 Å². The lowest BCUT2D eigenvalue weighted by Crippen LogP contribution is -2.26. The molecule has 1 amide bonds. The number of aryl methyl sites for hydroxylation is 2. The maximum Gasteiger partial charge on any atom is 0.270 e. The van der Waals surface area contributed by atoms with Gasteiger partial charge in [0.05, 0.1) is 0 Å². The van der Waals surface area contributed by atoms with Gasteiger partial charge < -0.3 is 19.4 Å². The van der Waals surface area contributed by atoms with Crippen LogP contribution in [0.15, 0.2) is 36.4 Å². The summed E-state index contributed by atoms with van der Waals surface area (Å²) in [7, 11) is 1.80. The summed E-state index contributed by atoms with van der Waals surface area (Å²) in [5, 5.41) is 1.09. The number of hydrogen-bond donors (Lipinski definition) is 1. The van der Waals surface area contributed by atoms with Crippen LogP contribution in [0.2, 0.25) is 0 Å². The van der Waals surface area contributed by atoms with Gasteiger partial charge in [-0.3, -0.25) is 4.79 Å². The van der Waals surface area contributed by atoms with Crippen molar-refractivity contribution in [2.24, 2.45) is 0 Å².